The van der Waals surface area contributed by atoms with Crippen molar-refractivity contribution in [3.05, 3.63) is 0 Å². The van der Waals surface area contributed by atoms with E-state index in [0.717, 1.165) is 12.8 Å². The first-order valence-corrected chi connectivity index (χ1v) is 11.0. The Kier molecular flexibility index (Phi) is 9.78. The van der Waals surface area contributed by atoms with E-state index in [1.807, 2.05) is 0 Å². The van der Waals surface area contributed by atoms with Gasteiger partial charge in [-0.15, -0.1) is 0 Å². The molecule has 0 aliphatic heterocycles. The molecule has 10 heteroatoms. The fourth-order valence-electron chi connectivity index (χ4n) is 3.77. The van der Waals surface area contributed by atoms with Crippen molar-refractivity contribution in [3.63, 3.8) is 0 Å². The van der Waals surface area contributed by atoms with Crippen LogP contribution >= 0.6 is 0 Å². The second-order valence-electron chi connectivity index (χ2n) is 10.3. The Balaban J connectivity index is 0.000000320. The Hall–Kier alpha value is -2.52. The van der Waals surface area contributed by atoms with Gasteiger partial charge in [0.05, 0.1) is 11.8 Å². The topological polar surface area (TPSA) is 151 Å². The highest BCUT2D eigenvalue weighted by atomic mass is 16.6. The first-order valence-electron chi connectivity index (χ1n) is 11.0. The lowest BCUT2D eigenvalue weighted by molar-refractivity contribution is -0.143. The van der Waals surface area contributed by atoms with Crippen LogP contribution in [0.5, 0.6) is 0 Å². The van der Waals surface area contributed by atoms with Crippen LogP contribution in [0, 0.1) is 11.8 Å². The second-order valence-corrected chi connectivity index (χ2v) is 10.3. The Morgan fingerprint density at radius 3 is 1.22 bits per heavy atom. The number of hydrogen-bond donors (Lipinski definition) is 4. The van der Waals surface area contributed by atoms with Gasteiger partial charge in [-0.2, -0.15) is 0 Å². The summed E-state index contributed by atoms with van der Waals surface area (Å²) >= 11 is 0. The lowest BCUT2D eigenvalue weighted by Crippen LogP contribution is -2.42. The van der Waals surface area contributed by atoms with Gasteiger partial charge in [-0.05, 0) is 67.2 Å². The standard InChI is InChI=1S/2C11H19NO4/c2*1-11(2,3)16-10(15)12-8-6-4-5-7(8)9(13)14/h2*7-8H,4-6H2,1-3H3,(H,12,15)(H,13,14)/t2*7-,8+/m10/s1. The van der Waals surface area contributed by atoms with E-state index in [1.165, 1.54) is 0 Å². The molecule has 0 radical (unpaired) electrons. The van der Waals surface area contributed by atoms with E-state index < -0.39 is 47.2 Å². The van der Waals surface area contributed by atoms with Gasteiger partial charge in [0.15, 0.2) is 0 Å². The van der Waals surface area contributed by atoms with Crippen LogP contribution in [0.25, 0.3) is 0 Å². The zero-order valence-corrected chi connectivity index (χ0v) is 19.9. The summed E-state index contributed by atoms with van der Waals surface area (Å²) < 4.78 is 10.2. The molecule has 2 fully saturated rings. The van der Waals surface area contributed by atoms with Crippen molar-refractivity contribution in [1.29, 1.82) is 0 Å². The molecule has 184 valence electrons. The van der Waals surface area contributed by atoms with Crippen LogP contribution in [0.15, 0.2) is 0 Å². The van der Waals surface area contributed by atoms with Crippen LogP contribution in [0.2, 0.25) is 0 Å². The van der Waals surface area contributed by atoms with Crippen LogP contribution in [0.3, 0.4) is 0 Å². The number of ether oxygens (including phenoxy) is 2. The molecule has 2 saturated carbocycles. The number of hydrogen-bond acceptors (Lipinski definition) is 6. The number of amides is 2. The van der Waals surface area contributed by atoms with E-state index in [1.54, 1.807) is 41.5 Å². The van der Waals surface area contributed by atoms with E-state index in [4.69, 9.17) is 19.7 Å². The van der Waals surface area contributed by atoms with Crippen molar-refractivity contribution in [2.75, 3.05) is 0 Å². The molecule has 10 nitrogen and oxygen atoms in total. The molecule has 2 aliphatic carbocycles. The summed E-state index contributed by atoms with van der Waals surface area (Å²) in [7, 11) is 0. The molecule has 32 heavy (non-hydrogen) atoms. The molecule has 0 aromatic carbocycles. The maximum atomic E-state index is 11.5. The Labute approximate surface area is 189 Å². The summed E-state index contributed by atoms with van der Waals surface area (Å²) in [4.78, 5) is 44.7. The Morgan fingerprint density at radius 2 is 0.969 bits per heavy atom. The number of aliphatic carboxylic acids is 2. The first kappa shape index (κ1) is 27.5. The van der Waals surface area contributed by atoms with Crippen LogP contribution in [0.4, 0.5) is 9.59 Å². The van der Waals surface area contributed by atoms with Crippen molar-refractivity contribution in [1.82, 2.24) is 10.6 Å². The van der Waals surface area contributed by atoms with Crippen LogP contribution in [0.1, 0.15) is 80.1 Å². The van der Waals surface area contributed by atoms with Crippen molar-refractivity contribution < 1.29 is 38.9 Å². The van der Waals surface area contributed by atoms with Gasteiger partial charge in [0, 0.05) is 12.1 Å². The highest BCUT2D eigenvalue weighted by Gasteiger charge is 2.35. The molecule has 4 atom stereocenters. The lowest BCUT2D eigenvalue weighted by atomic mass is 10.0. The van der Waals surface area contributed by atoms with Crippen LogP contribution in [-0.4, -0.2) is 57.6 Å². The molecule has 2 rings (SSSR count). The number of carboxylic acid groups (broad SMARTS) is 2. The third-order valence-electron chi connectivity index (χ3n) is 5.07. The Morgan fingerprint density at radius 1 is 0.656 bits per heavy atom. The largest absolute Gasteiger partial charge is 0.481 e. The van der Waals surface area contributed by atoms with Crippen LogP contribution in [-0.2, 0) is 19.1 Å². The highest BCUT2D eigenvalue weighted by molar-refractivity contribution is 5.74. The molecule has 0 heterocycles. The minimum Gasteiger partial charge on any atom is -0.481 e. The fourth-order valence-corrected chi connectivity index (χ4v) is 3.77. The molecule has 4 N–H and O–H groups in total. The van der Waals surface area contributed by atoms with Gasteiger partial charge in [0.1, 0.15) is 11.2 Å². The van der Waals surface area contributed by atoms with E-state index in [2.05, 4.69) is 10.6 Å². The van der Waals surface area contributed by atoms with Gasteiger partial charge in [-0.25, -0.2) is 9.59 Å². The number of carbonyl (C=O) groups excluding carboxylic acids is 2. The number of alkyl carbamates (subject to hydrolysis) is 2. The molecule has 0 spiro atoms. The normalized spacial score (nSPS) is 25.2. The molecule has 2 aliphatic rings. The van der Waals surface area contributed by atoms with Gasteiger partial charge in [0.2, 0.25) is 0 Å². The molecular formula is C22H38N2O8. The molecule has 0 aromatic heterocycles. The lowest BCUT2D eigenvalue weighted by Gasteiger charge is -2.23. The minimum absolute atomic E-state index is 0.299. The van der Waals surface area contributed by atoms with Crippen molar-refractivity contribution in [3.8, 4) is 0 Å². The monoisotopic (exact) mass is 458 g/mol. The van der Waals surface area contributed by atoms with E-state index in [9.17, 15) is 19.2 Å². The zero-order valence-electron chi connectivity index (χ0n) is 19.9. The summed E-state index contributed by atoms with van der Waals surface area (Å²) in [5.41, 5.74) is -1.11. The zero-order chi connectivity index (χ0) is 24.7. The van der Waals surface area contributed by atoms with Crippen LogP contribution < -0.4 is 10.6 Å². The van der Waals surface area contributed by atoms with Gasteiger partial charge < -0.3 is 30.3 Å². The van der Waals surface area contributed by atoms with E-state index in [0.29, 0.717) is 25.7 Å². The van der Waals surface area contributed by atoms with Crippen molar-refractivity contribution >= 4 is 24.1 Å². The van der Waals surface area contributed by atoms with Gasteiger partial charge in [-0.1, -0.05) is 12.8 Å². The molecule has 0 bridgehead atoms. The average Bonchev–Trinajstić information content (AvgIpc) is 3.20. The fraction of sp³-hybridized carbons (Fsp3) is 0.818. The maximum absolute atomic E-state index is 11.5. The van der Waals surface area contributed by atoms with Gasteiger partial charge >= 0.3 is 24.1 Å². The highest BCUT2D eigenvalue weighted by Crippen LogP contribution is 2.27. The van der Waals surface area contributed by atoms with E-state index >= 15 is 0 Å². The number of nitrogens with one attached hydrogen (secondary N) is 2. The quantitative estimate of drug-likeness (QED) is 0.499. The third-order valence-corrected chi connectivity index (χ3v) is 5.07. The maximum Gasteiger partial charge on any atom is 0.407 e. The summed E-state index contributed by atoms with van der Waals surface area (Å²) in [5, 5.41) is 23.1. The predicted octanol–water partition coefficient (Wildman–Crippen LogP) is 3.53. The second kappa shape index (κ2) is 11.4. The summed E-state index contributed by atoms with van der Waals surface area (Å²) in [6, 6.07) is -0.598. The third kappa shape index (κ3) is 10.2. The van der Waals surface area contributed by atoms with Gasteiger partial charge in [0.25, 0.3) is 0 Å². The molecule has 0 saturated heterocycles. The van der Waals surface area contributed by atoms with E-state index in [-0.39, 0.29) is 12.1 Å². The number of rotatable bonds is 4. The molecular weight excluding hydrogens is 420 g/mol. The molecule has 0 aromatic rings. The molecule has 2 amide bonds. The summed E-state index contributed by atoms with van der Waals surface area (Å²) in [6.45, 7) is 10.6. The predicted molar refractivity (Wildman–Crippen MR) is 116 cm³/mol. The SMILES string of the molecule is CC(C)(C)OC(=O)N[C@@H]1CCC[C@@H]1C(=O)O.CC(C)(C)OC(=O)N[C@H]1CCC[C@H]1C(=O)O. The Bertz CT molecular complexity index is 622. The number of carbonyl (C=O) groups is 4. The van der Waals surface area contributed by atoms with Crippen molar-refractivity contribution in [2.24, 2.45) is 11.8 Å². The van der Waals surface area contributed by atoms with Crippen molar-refractivity contribution in [2.45, 2.75) is 103 Å². The smallest absolute Gasteiger partial charge is 0.407 e. The molecule has 0 unspecified atom stereocenters. The summed E-state index contributed by atoms with van der Waals surface area (Å²) in [5.74, 6) is -2.66. The minimum atomic E-state index is -0.849. The first-order chi connectivity index (χ1) is 14.6. The summed E-state index contributed by atoms with van der Waals surface area (Å²) in [6.07, 6.45) is 3.24. The average molecular weight is 459 g/mol. The van der Waals surface area contributed by atoms with Gasteiger partial charge in [-0.3, -0.25) is 9.59 Å². The number of carboxylic acids is 2.